The van der Waals surface area contributed by atoms with Gasteiger partial charge in [-0.25, -0.2) is 0 Å². The van der Waals surface area contributed by atoms with E-state index in [1.165, 1.54) is 17.6 Å². The van der Waals surface area contributed by atoms with Crippen LogP contribution >= 0.6 is 0 Å². The molecule has 0 aromatic rings. The molecule has 0 heterocycles. The van der Waals surface area contributed by atoms with Crippen LogP contribution in [0, 0.1) is 22.7 Å². The van der Waals surface area contributed by atoms with Crippen molar-refractivity contribution in [1.82, 2.24) is 0 Å². The molecule has 118 valence electrons. The van der Waals surface area contributed by atoms with Gasteiger partial charge >= 0.3 is 0 Å². The number of rotatable bonds is 3. The number of fused-ring (bicyclic) bond motifs is 1. The largest absolute Gasteiger partial charge is 0.392 e. The van der Waals surface area contributed by atoms with Crippen molar-refractivity contribution in [3.05, 3.63) is 36.0 Å². The maximum atomic E-state index is 10.8. The van der Waals surface area contributed by atoms with E-state index in [1.807, 2.05) is 6.08 Å². The van der Waals surface area contributed by atoms with Gasteiger partial charge < -0.3 is 5.11 Å². The van der Waals surface area contributed by atoms with Crippen LogP contribution in [0.5, 0.6) is 0 Å². The molecule has 0 unspecified atom stereocenters. The van der Waals surface area contributed by atoms with E-state index < -0.39 is 0 Å². The lowest BCUT2D eigenvalue weighted by Crippen LogP contribution is -2.56. The molecular weight excluding hydrogens is 256 g/mol. The first kappa shape index (κ1) is 16.5. The highest BCUT2D eigenvalue weighted by Crippen LogP contribution is 2.61. The van der Waals surface area contributed by atoms with E-state index in [9.17, 15) is 5.11 Å². The van der Waals surface area contributed by atoms with Crippen molar-refractivity contribution in [1.29, 1.82) is 0 Å². The molecular formula is C20H32O. The molecule has 0 aliphatic heterocycles. The Bertz CT molecular complexity index is 472. The topological polar surface area (TPSA) is 20.2 Å². The Morgan fingerprint density at radius 2 is 2.14 bits per heavy atom. The summed E-state index contributed by atoms with van der Waals surface area (Å²) in [6, 6.07) is 0. The van der Waals surface area contributed by atoms with Crippen LogP contribution in [0.1, 0.15) is 60.3 Å². The first-order valence-electron chi connectivity index (χ1n) is 8.41. The van der Waals surface area contributed by atoms with Crippen LogP contribution in [-0.2, 0) is 0 Å². The molecule has 0 aromatic heterocycles. The average Bonchev–Trinajstić information content (AvgIpc) is 2.45. The SMILES string of the molecule is C=C/C(C)=C/C[C@@]1(C)[C@H](C)C[C@H](O)[C@@]2(C)C(C)=CCC[C@H]12. The van der Waals surface area contributed by atoms with Gasteiger partial charge in [0.1, 0.15) is 0 Å². The van der Waals surface area contributed by atoms with E-state index in [-0.39, 0.29) is 16.9 Å². The zero-order chi connectivity index (χ0) is 15.8. The quantitative estimate of drug-likeness (QED) is 0.553. The molecule has 5 atom stereocenters. The minimum atomic E-state index is -0.202. The summed E-state index contributed by atoms with van der Waals surface area (Å²) in [6.07, 6.45) is 10.8. The third-order valence-corrected chi connectivity index (χ3v) is 6.86. The molecule has 1 N–H and O–H groups in total. The summed E-state index contributed by atoms with van der Waals surface area (Å²) < 4.78 is 0. The molecule has 21 heavy (non-hydrogen) atoms. The van der Waals surface area contributed by atoms with Gasteiger partial charge in [0.25, 0.3) is 0 Å². The number of hydrogen-bond donors (Lipinski definition) is 1. The fourth-order valence-corrected chi connectivity index (χ4v) is 4.77. The second kappa shape index (κ2) is 5.76. The number of aliphatic hydroxyl groups excluding tert-OH is 1. The van der Waals surface area contributed by atoms with Crippen LogP contribution in [0.2, 0.25) is 0 Å². The van der Waals surface area contributed by atoms with Gasteiger partial charge in [-0.05, 0) is 56.8 Å². The third kappa shape index (κ3) is 2.54. The van der Waals surface area contributed by atoms with Crippen molar-refractivity contribution >= 4 is 0 Å². The summed E-state index contributed by atoms with van der Waals surface area (Å²) in [5, 5.41) is 10.8. The van der Waals surface area contributed by atoms with Crippen molar-refractivity contribution in [3.8, 4) is 0 Å². The van der Waals surface area contributed by atoms with Crippen LogP contribution in [0.3, 0.4) is 0 Å². The Hall–Kier alpha value is -0.820. The highest BCUT2D eigenvalue weighted by molar-refractivity contribution is 5.24. The summed E-state index contributed by atoms with van der Waals surface area (Å²) in [5.41, 5.74) is 2.87. The van der Waals surface area contributed by atoms with Crippen LogP contribution in [0.25, 0.3) is 0 Å². The van der Waals surface area contributed by atoms with Gasteiger partial charge in [-0.2, -0.15) is 0 Å². The highest BCUT2D eigenvalue weighted by atomic mass is 16.3. The van der Waals surface area contributed by atoms with Gasteiger partial charge in [-0.15, -0.1) is 0 Å². The zero-order valence-electron chi connectivity index (χ0n) is 14.4. The number of hydrogen-bond acceptors (Lipinski definition) is 1. The Morgan fingerprint density at radius 3 is 2.76 bits per heavy atom. The third-order valence-electron chi connectivity index (χ3n) is 6.86. The summed E-state index contributed by atoms with van der Waals surface area (Å²) >= 11 is 0. The molecule has 1 nitrogen and oxygen atoms in total. The molecule has 1 saturated carbocycles. The Morgan fingerprint density at radius 1 is 1.48 bits per heavy atom. The monoisotopic (exact) mass is 288 g/mol. The second-order valence-corrected chi connectivity index (χ2v) is 7.81. The lowest BCUT2D eigenvalue weighted by Gasteiger charge is -2.59. The summed E-state index contributed by atoms with van der Waals surface area (Å²) in [7, 11) is 0. The molecule has 0 saturated heterocycles. The minimum absolute atomic E-state index is 0.0462. The maximum Gasteiger partial charge on any atom is 0.0636 e. The van der Waals surface area contributed by atoms with Gasteiger partial charge in [0.05, 0.1) is 6.10 Å². The predicted octanol–water partition coefficient (Wildman–Crippen LogP) is 5.28. The Kier molecular flexibility index (Phi) is 4.54. The van der Waals surface area contributed by atoms with Crippen molar-refractivity contribution in [2.45, 2.75) is 66.4 Å². The normalized spacial score (nSPS) is 44.0. The van der Waals surface area contributed by atoms with Gasteiger partial charge in [-0.1, -0.05) is 56.7 Å². The molecule has 0 bridgehead atoms. The number of allylic oxidation sites excluding steroid dienone is 4. The van der Waals surface area contributed by atoms with Crippen molar-refractivity contribution < 1.29 is 5.11 Å². The fraction of sp³-hybridized carbons (Fsp3) is 0.700. The summed E-state index contributed by atoms with van der Waals surface area (Å²) in [4.78, 5) is 0. The molecule has 1 fully saturated rings. The van der Waals surface area contributed by atoms with E-state index in [1.54, 1.807) is 0 Å². The van der Waals surface area contributed by atoms with E-state index in [0.29, 0.717) is 11.8 Å². The standard InChI is InChI=1S/C20H32O/c1-7-14(2)11-12-19(5)16(4)13-18(21)20(6)15(3)9-8-10-17(19)20/h7,9,11,16-18,21H,1,8,10,12-13H2,2-6H3/b14-11+/t16-,17-,18+,19+,20+/m1/s1. The number of aliphatic hydroxyl groups is 1. The zero-order valence-corrected chi connectivity index (χ0v) is 14.4. The van der Waals surface area contributed by atoms with Crippen molar-refractivity contribution in [2.75, 3.05) is 0 Å². The molecule has 0 amide bonds. The lowest BCUT2D eigenvalue weighted by atomic mass is 9.46. The fourth-order valence-electron chi connectivity index (χ4n) is 4.77. The smallest absolute Gasteiger partial charge is 0.0636 e. The minimum Gasteiger partial charge on any atom is -0.392 e. The molecule has 2 aliphatic rings. The molecule has 1 heteroatoms. The molecule has 2 aliphatic carbocycles. The molecule has 0 aromatic carbocycles. The first-order chi connectivity index (χ1) is 9.76. The molecule has 0 radical (unpaired) electrons. The van der Waals surface area contributed by atoms with Crippen LogP contribution < -0.4 is 0 Å². The average molecular weight is 288 g/mol. The van der Waals surface area contributed by atoms with Gasteiger partial charge in [0.2, 0.25) is 0 Å². The predicted molar refractivity (Wildman–Crippen MR) is 91.1 cm³/mol. The second-order valence-electron chi connectivity index (χ2n) is 7.81. The Balaban J connectivity index is 2.41. The lowest BCUT2D eigenvalue weighted by molar-refractivity contribution is -0.119. The van der Waals surface area contributed by atoms with E-state index in [4.69, 9.17) is 0 Å². The Labute approximate surface area is 130 Å². The van der Waals surface area contributed by atoms with Gasteiger partial charge in [0.15, 0.2) is 0 Å². The van der Waals surface area contributed by atoms with Crippen LogP contribution in [0.4, 0.5) is 0 Å². The van der Waals surface area contributed by atoms with Crippen molar-refractivity contribution in [3.63, 3.8) is 0 Å². The molecule has 0 spiro atoms. The van der Waals surface area contributed by atoms with Crippen LogP contribution in [-0.4, -0.2) is 11.2 Å². The maximum absolute atomic E-state index is 10.8. The highest BCUT2D eigenvalue weighted by Gasteiger charge is 2.56. The summed E-state index contributed by atoms with van der Waals surface area (Å²) in [6.45, 7) is 15.3. The van der Waals surface area contributed by atoms with E-state index >= 15 is 0 Å². The van der Waals surface area contributed by atoms with E-state index in [0.717, 1.165) is 19.3 Å². The van der Waals surface area contributed by atoms with Gasteiger partial charge in [-0.3, -0.25) is 0 Å². The molecule has 2 rings (SSSR count). The van der Waals surface area contributed by atoms with Crippen molar-refractivity contribution in [2.24, 2.45) is 22.7 Å². The van der Waals surface area contributed by atoms with Crippen LogP contribution in [0.15, 0.2) is 36.0 Å². The van der Waals surface area contributed by atoms with Gasteiger partial charge in [0, 0.05) is 5.41 Å². The first-order valence-corrected chi connectivity index (χ1v) is 8.41. The summed E-state index contributed by atoms with van der Waals surface area (Å²) in [5.74, 6) is 1.10. The van der Waals surface area contributed by atoms with E-state index in [2.05, 4.69) is 53.3 Å².